The molecule has 0 aliphatic rings. The second-order valence-corrected chi connectivity index (χ2v) is 5.11. The number of nitrogens with zero attached hydrogens (tertiary/aromatic N) is 3. The molecule has 132 valence electrons. The molecule has 0 spiro atoms. The normalized spacial score (nSPS) is 10.3. The van der Waals surface area contributed by atoms with Crippen LogP contribution in [0.15, 0.2) is 48.7 Å². The fourth-order valence-electron chi connectivity index (χ4n) is 2.08. The van der Waals surface area contributed by atoms with Crippen molar-refractivity contribution >= 4 is 29.1 Å². The van der Waals surface area contributed by atoms with E-state index in [2.05, 4.69) is 30.6 Å². The second kappa shape index (κ2) is 7.51. The number of hydrogen-bond acceptors (Lipinski definition) is 7. The van der Waals surface area contributed by atoms with Gasteiger partial charge in [0.1, 0.15) is 11.6 Å². The second-order valence-electron chi connectivity index (χ2n) is 5.11. The van der Waals surface area contributed by atoms with E-state index in [0.717, 1.165) is 12.1 Å². The summed E-state index contributed by atoms with van der Waals surface area (Å²) in [5.41, 5.74) is 1.08. The van der Waals surface area contributed by atoms with Crippen LogP contribution in [-0.2, 0) is 4.74 Å². The number of nitrogens with one attached hydrogen (secondary N) is 2. The smallest absolute Gasteiger partial charge is 0.337 e. The molecule has 0 bridgehead atoms. The maximum Gasteiger partial charge on any atom is 0.337 e. The quantitative estimate of drug-likeness (QED) is 0.676. The molecule has 0 fully saturated rings. The summed E-state index contributed by atoms with van der Waals surface area (Å²) in [5, 5.41) is 13.1. The van der Waals surface area contributed by atoms with Crippen molar-refractivity contribution in [2.75, 3.05) is 17.7 Å². The molecule has 0 saturated carbocycles. The highest BCUT2D eigenvalue weighted by Gasteiger charge is 2.08. The zero-order valence-corrected chi connectivity index (χ0v) is 13.5. The molecule has 7 nitrogen and oxygen atoms in total. The molecule has 0 saturated heterocycles. The van der Waals surface area contributed by atoms with Gasteiger partial charge in [-0.05, 0) is 36.4 Å². The van der Waals surface area contributed by atoms with Gasteiger partial charge in [0.15, 0.2) is 5.82 Å². The first kappa shape index (κ1) is 17.2. The molecule has 26 heavy (non-hydrogen) atoms. The summed E-state index contributed by atoms with van der Waals surface area (Å²) in [6.07, 6.45) is 1.38. The number of anilines is 4. The number of benzene rings is 2. The summed E-state index contributed by atoms with van der Waals surface area (Å²) < 4.78 is 31.3. The first-order valence-electron chi connectivity index (χ1n) is 7.42. The van der Waals surface area contributed by atoms with Crippen LogP contribution in [-0.4, -0.2) is 28.3 Å². The van der Waals surface area contributed by atoms with Crippen LogP contribution in [0.3, 0.4) is 0 Å². The highest BCUT2D eigenvalue weighted by molar-refractivity contribution is 5.89. The molecule has 0 amide bonds. The Kier molecular flexibility index (Phi) is 4.97. The fourth-order valence-corrected chi connectivity index (χ4v) is 2.08. The predicted molar refractivity (Wildman–Crippen MR) is 90.5 cm³/mol. The Morgan fingerprint density at radius 1 is 1.08 bits per heavy atom. The lowest BCUT2D eigenvalue weighted by atomic mass is 10.2. The number of aromatic nitrogens is 3. The van der Waals surface area contributed by atoms with Crippen molar-refractivity contribution in [2.45, 2.75) is 0 Å². The third-order valence-corrected chi connectivity index (χ3v) is 3.31. The highest BCUT2D eigenvalue weighted by atomic mass is 19.1. The number of carbonyl (C=O) groups is 1. The van der Waals surface area contributed by atoms with E-state index < -0.39 is 17.6 Å². The average molecular weight is 357 g/mol. The number of esters is 1. The summed E-state index contributed by atoms with van der Waals surface area (Å²) >= 11 is 0. The molecule has 9 heteroatoms. The van der Waals surface area contributed by atoms with Crippen LogP contribution in [0.2, 0.25) is 0 Å². The van der Waals surface area contributed by atoms with Crippen LogP contribution in [0.1, 0.15) is 10.4 Å². The molecule has 0 atom stereocenters. The van der Waals surface area contributed by atoms with Gasteiger partial charge >= 0.3 is 5.97 Å². The van der Waals surface area contributed by atoms with Crippen molar-refractivity contribution in [1.82, 2.24) is 15.2 Å². The SMILES string of the molecule is COC(=O)c1ccc(Nc2cnnc(Nc3ccc(F)cc3F)n2)cc1. The molecule has 3 aromatic rings. The maximum absolute atomic E-state index is 13.7. The summed E-state index contributed by atoms with van der Waals surface area (Å²) in [6, 6.07) is 9.62. The third-order valence-electron chi connectivity index (χ3n) is 3.31. The molecular weight excluding hydrogens is 344 g/mol. The van der Waals surface area contributed by atoms with Crippen molar-refractivity contribution in [1.29, 1.82) is 0 Å². The van der Waals surface area contributed by atoms with E-state index in [0.29, 0.717) is 17.1 Å². The number of halogens is 2. The van der Waals surface area contributed by atoms with E-state index in [4.69, 9.17) is 0 Å². The van der Waals surface area contributed by atoms with Crippen LogP contribution in [0.5, 0.6) is 0 Å². The topological polar surface area (TPSA) is 89.0 Å². The lowest BCUT2D eigenvalue weighted by Crippen LogP contribution is -2.04. The summed E-state index contributed by atoms with van der Waals surface area (Å²) in [7, 11) is 1.31. The largest absolute Gasteiger partial charge is 0.465 e. The fraction of sp³-hybridized carbons (Fsp3) is 0.0588. The molecule has 0 aliphatic heterocycles. The van der Waals surface area contributed by atoms with Crippen molar-refractivity contribution < 1.29 is 18.3 Å². The number of rotatable bonds is 5. The van der Waals surface area contributed by atoms with Gasteiger partial charge in [-0.2, -0.15) is 10.1 Å². The van der Waals surface area contributed by atoms with Crippen LogP contribution >= 0.6 is 0 Å². The Bertz CT molecular complexity index is 935. The van der Waals surface area contributed by atoms with Crippen molar-refractivity contribution in [3.63, 3.8) is 0 Å². The van der Waals surface area contributed by atoms with E-state index >= 15 is 0 Å². The molecular formula is C17H13F2N5O2. The maximum atomic E-state index is 13.7. The number of methoxy groups -OCH3 is 1. The molecule has 0 aliphatic carbocycles. The third kappa shape index (κ3) is 4.07. The summed E-state index contributed by atoms with van der Waals surface area (Å²) in [5.74, 6) is -1.51. The van der Waals surface area contributed by atoms with Gasteiger partial charge in [0, 0.05) is 11.8 Å². The molecule has 0 radical (unpaired) electrons. The van der Waals surface area contributed by atoms with Gasteiger partial charge in [-0.15, -0.1) is 5.10 Å². The average Bonchev–Trinajstić information content (AvgIpc) is 2.64. The monoisotopic (exact) mass is 357 g/mol. The van der Waals surface area contributed by atoms with Gasteiger partial charge in [-0.1, -0.05) is 0 Å². The van der Waals surface area contributed by atoms with Crippen molar-refractivity contribution in [2.24, 2.45) is 0 Å². The van der Waals surface area contributed by atoms with E-state index in [1.165, 1.54) is 19.4 Å². The van der Waals surface area contributed by atoms with E-state index in [1.807, 2.05) is 0 Å². The van der Waals surface area contributed by atoms with Crippen molar-refractivity contribution in [3.8, 4) is 0 Å². The van der Waals surface area contributed by atoms with Gasteiger partial charge in [0.2, 0.25) is 5.95 Å². The lowest BCUT2D eigenvalue weighted by molar-refractivity contribution is 0.0601. The van der Waals surface area contributed by atoms with E-state index in [9.17, 15) is 13.6 Å². The minimum Gasteiger partial charge on any atom is -0.465 e. The van der Waals surface area contributed by atoms with E-state index in [1.54, 1.807) is 24.3 Å². The van der Waals surface area contributed by atoms with Crippen LogP contribution in [0, 0.1) is 11.6 Å². The minimum absolute atomic E-state index is 0.0211. The van der Waals surface area contributed by atoms with Crippen LogP contribution in [0.25, 0.3) is 0 Å². The number of hydrogen-bond donors (Lipinski definition) is 2. The summed E-state index contributed by atoms with van der Waals surface area (Å²) in [4.78, 5) is 15.6. The minimum atomic E-state index is -0.773. The zero-order valence-electron chi connectivity index (χ0n) is 13.5. The summed E-state index contributed by atoms with van der Waals surface area (Å²) in [6.45, 7) is 0. The predicted octanol–water partition coefficient (Wildman–Crippen LogP) is 3.42. The molecule has 1 heterocycles. The Labute approximate surface area is 147 Å². The first-order chi connectivity index (χ1) is 12.5. The first-order valence-corrected chi connectivity index (χ1v) is 7.42. The lowest BCUT2D eigenvalue weighted by Gasteiger charge is -2.08. The van der Waals surface area contributed by atoms with Crippen LogP contribution in [0.4, 0.5) is 31.9 Å². The van der Waals surface area contributed by atoms with Crippen LogP contribution < -0.4 is 10.6 Å². The van der Waals surface area contributed by atoms with Gasteiger partial charge in [-0.25, -0.2) is 13.6 Å². The van der Waals surface area contributed by atoms with Crippen molar-refractivity contribution in [3.05, 3.63) is 65.9 Å². The Balaban J connectivity index is 1.74. The molecule has 2 aromatic carbocycles. The molecule has 2 N–H and O–H groups in total. The van der Waals surface area contributed by atoms with E-state index in [-0.39, 0.29) is 11.6 Å². The number of carbonyl (C=O) groups excluding carboxylic acids is 1. The number of ether oxygens (including phenoxy) is 1. The molecule has 1 aromatic heterocycles. The Hall–Kier alpha value is -3.62. The van der Waals surface area contributed by atoms with Gasteiger partial charge in [0.05, 0.1) is 24.6 Å². The Morgan fingerprint density at radius 2 is 1.85 bits per heavy atom. The highest BCUT2D eigenvalue weighted by Crippen LogP contribution is 2.20. The molecule has 0 unspecified atom stereocenters. The van der Waals surface area contributed by atoms with Gasteiger partial charge < -0.3 is 15.4 Å². The molecule has 3 rings (SSSR count). The van der Waals surface area contributed by atoms with Gasteiger partial charge in [0.25, 0.3) is 0 Å². The van der Waals surface area contributed by atoms with Gasteiger partial charge in [-0.3, -0.25) is 0 Å². The Morgan fingerprint density at radius 3 is 2.54 bits per heavy atom. The standard InChI is InChI=1S/C17H13F2N5O2/c1-26-16(25)10-2-5-12(6-3-10)21-15-9-20-24-17(23-15)22-14-7-4-11(18)8-13(14)19/h2-9H,1H3,(H2,21,22,23,24). The zero-order chi connectivity index (χ0) is 18.5.